The van der Waals surface area contributed by atoms with Crippen LogP contribution >= 0.6 is 11.6 Å². The first kappa shape index (κ1) is 15.5. The normalized spacial score (nSPS) is 14.9. The second-order valence-electron chi connectivity index (χ2n) is 5.48. The van der Waals surface area contributed by atoms with Gasteiger partial charge in [-0.05, 0) is 43.2 Å². The number of nitrogens with one attached hydrogen (secondary N) is 2. The highest BCUT2D eigenvalue weighted by molar-refractivity contribution is 6.31. The molecular formula is C17H14ClFN2O2. The van der Waals surface area contributed by atoms with Crippen molar-refractivity contribution >= 4 is 34.8 Å². The first-order chi connectivity index (χ1) is 11.0. The molecule has 0 spiro atoms. The van der Waals surface area contributed by atoms with Crippen molar-refractivity contribution in [1.29, 1.82) is 0 Å². The molecule has 4 nitrogen and oxygen atoms in total. The van der Waals surface area contributed by atoms with E-state index in [0.29, 0.717) is 23.6 Å². The van der Waals surface area contributed by atoms with E-state index in [4.69, 9.17) is 11.6 Å². The molecular weight excluding hydrogens is 319 g/mol. The van der Waals surface area contributed by atoms with Crippen LogP contribution in [0.4, 0.5) is 15.8 Å². The van der Waals surface area contributed by atoms with Crippen LogP contribution in [0, 0.1) is 11.2 Å². The molecule has 1 fully saturated rings. The average Bonchev–Trinajstić information content (AvgIpc) is 3.31. The molecule has 2 amide bonds. The number of carbonyl (C=O) groups excluding carboxylic acids is 2. The summed E-state index contributed by atoms with van der Waals surface area (Å²) in [7, 11) is 0. The Morgan fingerprint density at radius 1 is 1.00 bits per heavy atom. The lowest BCUT2D eigenvalue weighted by molar-refractivity contribution is -0.131. The molecule has 0 radical (unpaired) electrons. The lowest BCUT2D eigenvalue weighted by atomic mass is 10.0. The molecule has 1 aliphatic rings. The minimum atomic E-state index is -1.15. The summed E-state index contributed by atoms with van der Waals surface area (Å²) < 4.78 is 13.6. The highest BCUT2D eigenvalue weighted by Gasteiger charge is 2.56. The van der Waals surface area contributed by atoms with E-state index in [1.165, 1.54) is 18.2 Å². The number of amides is 2. The Labute approximate surface area is 137 Å². The summed E-state index contributed by atoms with van der Waals surface area (Å²) in [5.41, 5.74) is -0.559. The zero-order chi connectivity index (χ0) is 16.4. The van der Waals surface area contributed by atoms with Crippen molar-refractivity contribution in [2.75, 3.05) is 10.6 Å². The highest BCUT2D eigenvalue weighted by Crippen LogP contribution is 2.47. The molecule has 2 aromatic rings. The summed E-state index contributed by atoms with van der Waals surface area (Å²) in [6.45, 7) is 0. The molecule has 1 saturated carbocycles. The van der Waals surface area contributed by atoms with E-state index in [0.717, 1.165) is 0 Å². The third-order valence-electron chi connectivity index (χ3n) is 3.82. The van der Waals surface area contributed by atoms with Gasteiger partial charge in [-0.25, -0.2) is 4.39 Å². The fourth-order valence-electron chi connectivity index (χ4n) is 2.30. The molecule has 0 aromatic heterocycles. The number of halogens is 2. The summed E-state index contributed by atoms with van der Waals surface area (Å²) in [6, 6.07) is 12.5. The number of anilines is 2. The number of rotatable bonds is 4. The zero-order valence-corrected chi connectivity index (χ0v) is 12.9. The summed E-state index contributed by atoms with van der Waals surface area (Å²) >= 11 is 5.87. The maximum Gasteiger partial charge on any atom is 0.240 e. The molecule has 0 atom stereocenters. The summed E-state index contributed by atoms with van der Waals surface area (Å²) in [4.78, 5) is 24.8. The predicted octanol–water partition coefficient (Wildman–Crippen LogP) is 3.84. The van der Waals surface area contributed by atoms with Crippen molar-refractivity contribution in [3.05, 3.63) is 59.4 Å². The molecule has 0 aliphatic heterocycles. The van der Waals surface area contributed by atoms with Gasteiger partial charge in [-0.15, -0.1) is 0 Å². The lowest BCUT2D eigenvalue weighted by Gasteiger charge is -2.16. The van der Waals surface area contributed by atoms with Gasteiger partial charge in [-0.3, -0.25) is 9.59 Å². The zero-order valence-electron chi connectivity index (χ0n) is 12.1. The SMILES string of the molecule is O=C(Nc1cccc(Cl)c1)C1(C(=O)Nc2ccccc2F)CC1. The van der Waals surface area contributed by atoms with E-state index in [1.807, 2.05) is 0 Å². The number of para-hydroxylation sites is 1. The second kappa shape index (κ2) is 6.01. The van der Waals surface area contributed by atoms with Crippen LogP contribution in [0.5, 0.6) is 0 Å². The van der Waals surface area contributed by atoms with Gasteiger partial charge in [0.25, 0.3) is 0 Å². The van der Waals surface area contributed by atoms with Gasteiger partial charge in [0, 0.05) is 10.7 Å². The first-order valence-electron chi connectivity index (χ1n) is 7.14. The Hall–Kier alpha value is -2.40. The number of hydrogen-bond acceptors (Lipinski definition) is 2. The molecule has 0 saturated heterocycles. The summed E-state index contributed by atoms with van der Waals surface area (Å²) in [5, 5.41) is 5.67. The van der Waals surface area contributed by atoms with Crippen LogP contribution in [0.2, 0.25) is 5.02 Å². The molecule has 118 valence electrons. The molecule has 1 aliphatic carbocycles. The van der Waals surface area contributed by atoms with Crippen molar-refractivity contribution in [3.63, 3.8) is 0 Å². The van der Waals surface area contributed by atoms with E-state index < -0.39 is 23.0 Å². The maximum absolute atomic E-state index is 13.6. The van der Waals surface area contributed by atoms with E-state index in [2.05, 4.69) is 10.6 Å². The molecule has 2 aromatic carbocycles. The fourth-order valence-corrected chi connectivity index (χ4v) is 2.49. The van der Waals surface area contributed by atoms with Gasteiger partial charge < -0.3 is 10.6 Å². The molecule has 0 heterocycles. The second-order valence-corrected chi connectivity index (χ2v) is 5.92. The van der Waals surface area contributed by atoms with Gasteiger partial charge in [-0.2, -0.15) is 0 Å². The maximum atomic E-state index is 13.6. The largest absolute Gasteiger partial charge is 0.325 e. The topological polar surface area (TPSA) is 58.2 Å². The highest BCUT2D eigenvalue weighted by atomic mass is 35.5. The van der Waals surface area contributed by atoms with Crippen LogP contribution in [0.1, 0.15) is 12.8 Å². The minimum absolute atomic E-state index is 0.0688. The van der Waals surface area contributed by atoms with Crippen molar-refractivity contribution in [1.82, 2.24) is 0 Å². The number of benzene rings is 2. The smallest absolute Gasteiger partial charge is 0.240 e. The predicted molar refractivity (Wildman–Crippen MR) is 86.8 cm³/mol. The molecule has 23 heavy (non-hydrogen) atoms. The third-order valence-corrected chi connectivity index (χ3v) is 4.06. The Bertz CT molecular complexity index is 775. The van der Waals surface area contributed by atoms with Gasteiger partial charge >= 0.3 is 0 Å². The third kappa shape index (κ3) is 3.19. The fraction of sp³-hybridized carbons (Fsp3) is 0.176. The van der Waals surface area contributed by atoms with Gasteiger partial charge in [-0.1, -0.05) is 29.8 Å². The van der Waals surface area contributed by atoms with Crippen molar-refractivity contribution in [2.24, 2.45) is 5.41 Å². The molecule has 2 N–H and O–H groups in total. The van der Waals surface area contributed by atoms with E-state index >= 15 is 0 Å². The van der Waals surface area contributed by atoms with Gasteiger partial charge in [0.1, 0.15) is 11.2 Å². The van der Waals surface area contributed by atoms with Crippen molar-refractivity contribution in [2.45, 2.75) is 12.8 Å². The quantitative estimate of drug-likeness (QED) is 0.836. The van der Waals surface area contributed by atoms with Crippen LogP contribution in [0.25, 0.3) is 0 Å². The Balaban J connectivity index is 1.72. The molecule has 3 rings (SSSR count). The van der Waals surface area contributed by atoms with Gasteiger partial charge in [0.05, 0.1) is 5.69 Å². The first-order valence-corrected chi connectivity index (χ1v) is 7.52. The van der Waals surface area contributed by atoms with E-state index in [-0.39, 0.29) is 5.69 Å². The van der Waals surface area contributed by atoms with E-state index in [9.17, 15) is 14.0 Å². The monoisotopic (exact) mass is 332 g/mol. The lowest BCUT2D eigenvalue weighted by Crippen LogP contribution is -2.35. The number of carbonyl (C=O) groups is 2. The van der Waals surface area contributed by atoms with Crippen LogP contribution in [-0.2, 0) is 9.59 Å². The Kier molecular flexibility index (Phi) is 4.05. The minimum Gasteiger partial charge on any atom is -0.325 e. The molecule has 0 unspecified atom stereocenters. The van der Waals surface area contributed by atoms with Gasteiger partial charge in [0.15, 0.2) is 0 Å². The summed E-state index contributed by atoms with van der Waals surface area (Å²) in [6.07, 6.45) is 0.860. The Morgan fingerprint density at radius 3 is 2.35 bits per heavy atom. The molecule has 0 bridgehead atoms. The standard InChI is InChI=1S/C17H14ClFN2O2/c18-11-4-3-5-12(10-11)20-15(22)17(8-9-17)16(23)21-14-7-2-1-6-13(14)19/h1-7,10H,8-9H2,(H,20,22)(H,21,23). The van der Waals surface area contributed by atoms with Crippen LogP contribution in [-0.4, -0.2) is 11.8 Å². The van der Waals surface area contributed by atoms with Crippen molar-refractivity contribution in [3.8, 4) is 0 Å². The number of hydrogen-bond donors (Lipinski definition) is 2. The Morgan fingerprint density at radius 2 is 1.70 bits per heavy atom. The van der Waals surface area contributed by atoms with Gasteiger partial charge in [0.2, 0.25) is 11.8 Å². The summed E-state index contributed by atoms with van der Waals surface area (Å²) in [5.74, 6) is -1.44. The van der Waals surface area contributed by atoms with Crippen LogP contribution < -0.4 is 10.6 Å². The van der Waals surface area contributed by atoms with E-state index in [1.54, 1.807) is 30.3 Å². The van der Waals surface area contributed by atoms with Crippen molar-refractivity contribution < 1.29 is 14.0 Å². The molecule has 6 heteroatoms. The average molecular weight is 333 g/mol. The van der Waals surface area contributed by atoms with Crippen LogP contribution in [0.3, 0.4) is 0 Å². The van der Waals surface area contributed by atoms with Crippen LogP contribution in [0.15, 0.2) is 48.5 Å².